The Labute approximate surface area is 207 Å². The highest BCUT2D eigenvalue weighted by atomic mass is 19.4. The average Bonchev–Trinajstić information content (AvgIpc) is 3.28. The number of carbonyl (C=O) groups is 1. The number of carbonyl (C=O) groups excluding carboxylic acids is 1. The van der Waals surface area contributed by atoms with Gasteiger partial charge in [0.05, 0.1) is 12.0 Å². The number of unbranched alkanes of at least 4 members (excludes halogenated alkanes) is 1. The molecule has 1 amide bonds. The number of pyridine rings is 1. The van der Waals surface area contributed by atoms with Crippen LogP contribution in [0.1, 0.15) is 109 Å². The maximum Gasteiger partial charge on any atom is 0.395 e. The van der Waals surface area contributed by atoms with Crippen LogP contribution in [0.4, 0.5) is 19.0 Å². The lowest BCUT2D eigenvalue weighted by Crippen LogP contribution is -2.26. The van der Waals surface area contributed by atoms with Gasteiger partial charge in [0.2, 0.25) is 5.91 Å². The quantitative estimate of drug-likeness (QED) is 0.337. The van der Waals surface area contributed by atoms with Gasteiger partial charge >= 0.3 is 6.18 Å². The van der Waals surface area contributed by atoms with E-state index in [1.165, 1.54) is 12.3 Å². The Morgan fingerprint density at radius 3 is 2.49 bits per heavy atom. The molecule has 1 aliphatic rings. The van der Waals surface area contributed by atoms with Gasteiger partial charge in [-0.25, -0.2) is 4.98 Å². The third-order valence-electron chi connectivity index (χ3n) is 6.87. The lowest BCUT2D eigenvalue weighted by molar-refractivity contribution is -0.146. The fourth-order valence-corrected chi connectivity index (χ4v) is 4.42. The first-order valence-corrected chi connectivity index (χ1v) is 13.0. The van der Waals surface area contributed by atoms with Gasteiger partial charge in [-0.15, -0.1) is 0 Å². The van der Waals surface area contributed by atoms with E-state index in [0.29, 0.717) is 18.5 Å². The Morgan fingerprint density at radius 2 is 1.89 bits per heavy atom. The minimum Gasteiger partial charge on any atom is -0.398 e. The van der Waals surface area contributed by atoms with Crippen LogP contribution in [0.2, 0.25) is 0 Å². The van der Waals surface area contributed by atoms with E-state index < -0.39 is 12.1 Å². The number of rotatable bonds is 11. The Hall–Kier alpha value is -2.38. The fraction of sp³-hybridized carbons (Fsp3) is 0.667. The van der Waals surface area contributed by atoms with Gasteiger partial charge in [0.15, 0.2) is 0 Å². The zero-order chi connectivity index (χ0) is 26.2. The molecule has 2 rings (SSSR count). The number of nitrogens with two attached hydrogens (primary N) is 1. The van der Waals surface area contributed by atoms with Gasteiger partial charge in [0, 0.05) is 34.7 Å². The lowest BCUT2D eigenvalue weighted by atomic mass is 9.91. The molecule has 1 aromatic rings. The Bertz CT molecular complexity index is 923. The molecule has 0 aliphatic heterocycles. The zero-order valence-electron chi connectivity index (χ0n) is 21.8. The number of nitrogens with zero attached hydrogens (tertiary/aromatic N) is 2. The summed E-state index contributed by atoms with van der Waals surface area (Å²) in [4.78, 5) is 21.7. The van der Waals surface area contributed by atoms with Crippen LogP contribution in [-0.4, -0.2) is 28.8 Å². The Kier molecular flexibility index (Phi) is 10.8. The average molecular weight is 495 g/mol. The first kappa shape index (κ1) is 28.9. The number of hydrogen-bond donors (Lipinski definition) is 2. The van der Waals surface area contributed by atoms with Gasteiger partial charge in [-0.2, -0.15) is 13.2 Å². The standard InChI is InChI=1S/C27H41F3N4O/c1-6-9-12-19(11-7-2)33-22-14-10-13-20(22)24(31)21-15-16-32-25(34-26(35)17(4)8-3)23(21)18(5)27(28,29)30/h15-19H,6-14,31H2,1-5H3,(H,32,34,35)/b24-20-,33-22?. The predicted molar refractivity (Wildman–Crippen MR) is 137 cm³/mol. The summed E-state index contributed by atoms with van der Waals surface area (Å²) in [5, 5.41) is 2.62. The molecule has 1 fully saturated rings. The Morgan fingerprint density at radius 1 is 1.17 bits per heavy atom. The Balaban J connectivity index is 2.60. The molecule has 0 aromatic carbocycles. The first-order chi connectivity index (χ1) is 16.5. The number of allylic oxidation sites excluding steroid dienone is 1. The normalized spacial score (nSPS) is 19.5. The molecule has 1 aliphatic carbocycles. The monoisotopic (exact) mass is 494 g/mol. The van der Waals surface area contributed by atoms with E-state index in [1.807, 2.05) is 6.92 Å². The largest absolute Gasteiger partial charge is 0.398 e. The summed E-state index contributed by atoms with van der Waals surface area (Å²) in [6.07, 6.45) is 4.97. The number of aromatic nitrogens is 1. The van der Waals surface area contributed by atoms with E-state index in [9.17, 15) is 18.0 Å². The van der Waals surface area contributed by atoms with Crippen molar-refractivity contribution in [3.8, 4) is 0 Å². The van der Waals surface area contributed by atoms with E-state index in [2.05, 4.69) is 24.1 Å². The van der Waals surface area contributed by atoms with Gasteiger partial charge in [-0.3, -0.25) is 9.79 Å². The summed E-state index contributed by atoms with van der Waals surface area (Å²) in [6.45, 7) is 8.95. The first-order valence-electron chi connectivity index (χ1n) is 13.0. The molecule has 0 saturated heterocycles. The number of aliphatic imine (C=N–C) groups is 1. The topological polar surface area (TPSA) is 80.4 Å². The van der Waals surface area contributed by atoms with Crippen LogP contribution in [0.5, 0.6) is 0 Å². The van der Waals surface area contributed by atoms with E-state index >= 15 is 0 Å². The minimum absolute atomic E-state index is 0.0792. The highest BCUT2D eigenvalue weighted by Crippen LogP contribution is 2.41. The second kappa shape index (κ2) is 13.1. The molecule has 0 radical (unpaired) electrons. The van der Waals surface area contributed by atoms with Crippen LogP contribution in [-0.2, 0) is 4.79 Å². The van der Waals surface area contributed by atoms with Crippen LogP contribution in [0.25, 0.3) is 5.70 Å². The summed E-state index contributed by atoms with van der Waals surface area (Å²) < 4.78 is 41.8. The molecule has 5 nitrogen and oxygen atoms in total. The molecule has 0 bridgehead atoms. The van der Waals surface area contributed by atoms with Gasteiger partial charge in [-0.1, -0.05) is 47.0 Å². The number of nitrogens with one attached hydrogen (secondary N) is 1. The van der Waals surface area contributed by atoms with Crippen molar-refractivity contribution in [2.75, 3.05) is 5.32 Å². The number of anilines is 1. The van der Waals surface area contributed by atoms with Gasteiger partial charge in [-0.05, 0) is 57.1 Å². The molecular weight excluding hydrogens is 453 g/mol. The van der Waals surface area contributed by atoms with E-state index in [0.717, 1.165) is 63.2 Å². The predicted octanol–water partition coefficient (Wildman–Crippen LogP) is 7.39. The summed E-state index contributed by atoms with van der Waals surface area (Å²) >= 11 is 0. The van der Waals surface area contributed by atoms with Crippen molar-refractivity contribution in [2.24, 2.45) is 16.6 Å². The number of alkyl halides is 3. The molecule has 1 aromatic heterocycles. The van der Waals surface area contributed by atoms with Gasteiger partial charge in [0.1, 0.15) is 5.82 Å². The van der Waals surface area contributed by atoms with Crippen molar-refractivity contribution >= 4 is 23.1 Å². The maximum atomic E-state index is 13.9. The van der Waals surface area contributed by atoms with Crippen LogP contribution in [0, 0.1) is 5.92 Å². The maximum absolute atomic E-state index is 13.9. The highest BCUT2D eigenvalue weighted by molar-refractivity contribution is 6.08. The van der Waals surface area contributed by atoms with E-state index in [4.69, 9.17) is 10.7 Å². The molecule has 0 spiro atoms. The number of halogens is 3. The molecule has 1 saturated carbocycles. The lowest BCUT2D eigenvalue weighted by Gasteiger charge is -2.24. The van der Waals surface area contributed by atoms with Crippen molar-refractivity contribution in [3.63, 3.8) is 0 Å². The third-order valence-corrected chi connectivity index (χ3v) is 6.87. The van der Waals surface area contributed by atoms with Crippen molar-refractivity contribution in [2.45, 2.75) is 111 Å². The fourth-order valence-electron chi connectivity index (χ4n) is 4.42. The number of amides is 1. The minimum atomic E-state index is -4.52. The second-order valence-corrected chi connectivity index (χ2v) is 9.59. The van der Waals surface area contributed by atoms with Gasteiger partial charge in [0.25, 0.3) is 0 Å². The van der Waals surface area contributed by atoms with Crippen LogP contribution < -0.4 is 11.1 Å². The van der Waals surface area contributed by atoms with Crippen LogP contribution >= 0.6 is 0 Å². The third kappa shape index (κ3) is 7.55. The SMILES string of the molecule is CCCCC(CCC)N=C1CCC/C1=C(/N)c1ccnc(NC(=O)C(C)CC)c1C(C)C(F)(F)F. The van der Waals surface area contributed by atoms with Gasteiger partial charge < -0.3 is 11.1 Å². The molecular formula is C27H41F3N4O. The summed E-state index contributed by atoms with van der Waals surface area (Å²) in [6, 6.07) is 1.72. The van der Waals surface area contributed by atoms with E-state index in [1.54, 1.807) is 6.92 Å². The molecule has 196 valence electrons. The smallest absolute Gasteiger partial charge is 0.395 e. The molecule has 3 N–H and O–H groups in total. The highest BCUT2D eigenvalue weighted by Gasteiger charge is 2.41. The molecule has 8 heteroatoms. The van der Waals surface area contributed by atoms with E-state index in [-0.39, 0.29) is 34.8 Å². The molecule has 3 atom stereocenters. The summed E-state index contributed by atoms with van der Waals surface area (Å²) in [5.41, 5.74) is 8.81. The van der Waals surface area contributed by atoms with Crippen molar-refractivity contribution in [3.05, 3.63) is 29.0 Å². The summed E-state index contributed by atoms with van der Waals surface area (Å²) in [5.74, 6) is -2.64. The van der Waals surface area contributed by atoms with Crippen molar-refractivity contribution in [1.29, 1.82) is 0 Å². The number of hydrogen-bond acceptors (Lipinski definition) is 4. The summed E-state index contributed by atoms with van der Waals surface area (Å²) in [7, 11) is 0. The van der Waals surface area contributed by atoms with Crippen molar-refractivity contribution in [1.82, 2.24) is 4.98 Å². The zero-order valence-corrected chi connectivity index (χ0v) is 21.8. The van der Waals surface area contributed by atoms with Crippen LogP contribution in [0.3, 0.4) is 0 Å². The second-order valence-electron chi connectivity index (χ2n) is 9.59. The molecule has 35 heavy (non-hydrogen) atoms. The van der Waals surface area contributed by atoms with Crippen LogP contribution in [0.15, 0.2) is 22.8 Å². The van der Waals surface area contributed by atoms with Crippen molar-refractivity contribution < 1.29 is 18.0 Å². The molecule has 1 heterocycles. The molecule has 3 unspecified atom stereocenters.